The summed E-state index contributed by atoms with van der Waals surface area (Å²) in [6, 6.07) is 6.92. The molecular weight excluding hydrogens is 238 g/mol. The number of sulfonamides is 1. The number of hydrogen-bond donors (Lipinski definition) is 2. The SMILES string of the molecule is CC(O)c1ccccc1NS(=O)(=O)CC1CC1. The van der Waals surface area contributed by atoms with Gasteiger partial charge in [-0.25, -0.2) is 8.42 Å². The van der Waals surface area contributed by atoms with Gasteiger partial charge in [0.1, 0.15) is 0 Å². The standard InChI is InChI=1S/C12H17NO3S/c1-9(14)11-4-2-3-5-12(11)13-17(15,16)8-10-6-7-10/h2-5,9-10,13-14H,6-8H2,1H3. The fourth-order valence-electron chi connectivity index (χ4n) is 1.76. The van der Waals surface area contributed by atoms with Crippen molar-refractivity contribution in [1.82, 2.24) is 0 Å². The van der Waals surface area contributed by atoms with Crippen molar-refractivity contribution in [2.75, 3.05) is 10.5 Å². The van der Waals surface area contributed by atoms with Gasteiger partial charge in [0.25, 0.3) is 0 Å². The highest BCUT2D eigenvalue weighted by atomic mass is 32.2. The Morgan fingerprint density at radius 3 is 2.65 bits per heavy atom. The van der Waals surface area contributed by atoms with Crippen LogP contribution in [0.3, 0.4) is 0 Å². The highest BCUT2D eigenvalue weighted by Gasteiger charge is 2.28. The lowest BCUT2D eigenvalue weighted by Gasteiger charge is -2.13. The predicted molar refractivity (Wildman–Crippen MR) is 67.2 cm³/mol. The molecule has 17 heavy (non-hydrogen) atoms. The quantitative estimate of drug-likeness (QED) is 0.844. The summed E-state index contributed by atoms with van der Waals surface area (Å²) in [5, 5.41) is 9.56. The molecule has 1 atom stereocenters. The number of rotatable bonds is 5. The molecule has 1 saturated carbocycles. The molecule has 1 fully saturated rings. The number of anilines is 1. The molecule has 0 aromatic heterocycles. The Hall–Kier alpha value is -1.07. The maximum absolute atomic E-state index is 11.8. The molecule has 2 N–H and O–H groups in total. The van der Waals surface area contributed by atoms with Crippen molar-refractivity contribution >= 4 is 15.7 Å². The van der Waals surface area contributed by atoms with Crippen LogP contribution >= 0.6 is 0 Å². The van der Waals surface area contributed by atoms with Crippen LogP contribution in [0.1, 0.15) is 31.4 Å². The van der Waals surface area contributed by atoms with Gasteiger partial charge >= 0.3 is 0 Å². The molecule has 0 heterocycles. The summed E-state index contributed by atoms with van der Waals surface area (Å²) in [7, 11) is -3.29. The average Bonchev–Trinajstić information content (AvgIpc) is 3.00. The van der Waals surface area contributed by atoms with Crippen LogP contribution in [-0.4, -0.2) is 19.3 Å². The van der Waals surface area contributed by atoms with E-state index in [2.05, 4.69) is 4.72 Å². The smallest absolute Gasteiger partial charge is 0.233 e. The first-order valence-corrected chi connectivity index (χ1v) is 7.40. The molecule has 2 rings (SSSR count). The lowest BCUT2D eigenvalue weighted by molar-refractivity contribution is 0.200. The lowest BCUT2D eigenvalue weighted by Crippen LogP contribution is -2.19. The zero-order chi connectivity index (χ0) is 12.5. The highest BCUT2D eigenvalue weighted by molar-refractivity contribution is 7.92. The second-order valence-electron chi connectivity index (χ2n) is 4.59. The Bertz CT molecular complexity index is 492. The number of aliphatic hydroxyl groups excluding tert-OH is 1. The topological polar surface area (TPSA) is 66.4 Å². The maximum Gasteiger partial charge on any atom is 0.233 e. The normalized spacial score (nSPS) is 17.8. The van der Waals surface area contributed by atoms with Crippen molar-refractivity contribution in [3.8, 4) is 0 Å². The zero-order valence-corrected chi connectivity index (χ0v) is 10.6. The lowest BCUT2D eigenvalue weighted by atomic mass is 10.1. The molecule has 0 amide bonds. The van der Waals surface area contributed by atoms with Crippen molar-refractivity contribution < 1.29 is 13.5 Å². The van der Waals surface area contributed by atoms with Crippen LogP contribution in [0.2, 0.25) is 0 Å². The summed E-state index contributed by atoms with van der Waals surface area (Å²) in [6.07, 6.45) is 1.31. The highest BCUT2D eigenvalue weighted by Crippen LogP contribution is 2.31. The summed E-state index contributed by atoms with van der Waals surface area (Å²) in [6.45, 7) is 1.62. The van der Waals surface area contributed by atoms with Crippen LogP contribution in [0.5, 0.6) is 0 Å². The predicted octanol–water partition coefficient (Wildman–Crippen LogP) is 1.89. The number of para-hydroxylation sites is 1. The molecule has 94 valence electrons. The first-order chi connectivity index (χ1) is 7.98. The number of benzene rings is 1. The third-order valence-corrected chi connectivity index (χ3v) is 4.27. The Morgan fingerprint density at radius 1 is 1.41 bits per heavy atom. The Morgan fingerprint density at radius 2 is 2.06 bits per heavy atom. The number of nitrogens with one attached hydrogen (secondary N) is 1. The van der Waals surface area contributed by atoms with Crippen LogP contribution in [0.15, 0.2) is 24.3 Å². The third kappa shape index (κ3) is 3.44. The summed E-state index contributed by atoms with van der Waals surface area (Å²) in [4.78, 5) is 0. The van der Waals surface area contributed by atoms with E-state index in [1.54, 1.807) is 31.2 Å². The van der Waals surface area contributed by atoms with Crippen molar-refractivity contribution in [2.45, 2.75) is 25.9 Å². The zero-order valence-electron chi connectivity index (χ0n) is 9.76. The molecule has 0 saturated heterocycles. The fraction of sp³-hybridized carbons (Fsp3) is 0.500. The van der Waals surface area contributed by atoms with Crippen molar-refractivity contribution in [2.24, 2.45) is 5.92 Å². The van der Waals surface area contributed by atoms with Crippen molar-refractivity contribution in [3.63, 3.8) is 0 Å². The van der Waals surface area contributed by atoms with Crippen molar-refractivity contribution in [1.29, 1.82) is 0 Å². The van der Waals surface area contributed by atoms with E-state index in [0.29, 0.717) is 17.2 Å². The van der Waals surface area contributed by atoms with E-state index in [4.69, 9.17) is 0 Å². The minimum atomic E-state index is -3.29. The van der Waals surface area contributed by atoms with Crippen molar-refractivity contribution in [3.05, 3.63) is 29.8 Å². The molecule has 1 unspecified atom stereocenters. The van der Waals surface area contributed by atoms with Gasteiger partial charge in [0.05, 0.1) is 17.5 Å². The molecule has 5 heteroatoms. The molecule has 1 aliphatic carbocycles. The largest absolute Gasteiger partial charge is 0.389 e. The molecule has 4 nitrogen and oxygen atoms in total. The summed E-state index contributed by atoms with van der Waals surface area (Å²) >= 11 is 0. The molecular formula is C12H17NO3S. The second kappa shape index (κ2) is 4.66. The third-order valence-electron chi connectivity index (χ3n) is 2.83. The van der Waals surface area contributed by atoms with Gasteiger partial charge in [-0.2, -0.15) is 0 Å². The van der Waals surface area contributed by atoms with Gasteiger partial charge in [-0.1, -0.05) is 18.2 Å². The van der Waals surface area contributed by atoms with E-state index in [1.165, 1.54) is 0 Å². The van der Waals surface area contributed by atoms with E-state index >= 15 is 0 Å². The second-order valence-corrected chi connectivity index (χ2v) is 6.36. The fourth-order valence-corrected chi connectivity index (χ4v) is 3.32. The minimum absolute atomic E-state index is 0.182. The van der Waals surface area contributed by atoms with E-state index in [1.807, 2.05) is 0 Å². The maximum atomic E-state index is 11.8. The Balaban J connectivity index is 2.17. The van der Waals surface area contributed by atoms with Gasteiger partial charge in [0.2, 0.25) is 10.0 Å². The molecule has 1 aromatic carbocycles. The van der Waals surface area contributed by atoms with Crippen LogP contribution in [0.25, 0.3) is 0 Å². The monoisotopic (exact) mass is 255 g/mol. The van der Waals surface area contributed by atoms with Gasteiger partial charge in [0.15, 0.2) is 0 Å². The van der Waals surface area contributed by atoms with E-state index in [9.17, 15) is 13.5 Å². The molecule has 0 bridgehead atoms. The van der Waals surface area contributed by atoms with E-state index < -0.39 is 16.1 Å². The van der Waals surface area contributed by atoms with Gasteiger partial charge in [-0.05, 0) is 31.7 Å². The number of hydrogen-bond acceptors (Lipinski definition) is 3. The van der Waals surface area contributed by atoms with E-state index in [0.717, 1.165) is 12.8 Å². The Kier molecular flexibility index (Phi) is 3.40. The van der Waals surface area contributed by atoms with Crippen LogP contribution in [0, 0.1) is 5.92 Å². The van der Waals surface area contributed by atoms with Crippen LogP contribution in [-0.2, 0) is 10.0 Å². The van der Waals surface area contributed by atoms with Gasteiger partial charge in [-0.15, -0.1) is 0 Å². The Labute approximate surface area is 102 Å². The number of aliphatic hydroxyl groups is 1. The summed E-state index contributed by atoms with van der Waals surface area (Å²) in [5.74, 6) is 0.493. The first-order valence-electron chi connectivity index (χ1n) is 5.75. The van der Waals surface area contributed by atoms with Crippen LogP contribution < -0.4 is 4.72 Å². The first kappa shape index (κ1) is 12.4. The average molecular weight is 255 g/mol. The molecule has 0 spiro atoms. The van der Waals surface area contributed by atoms with Gasteiger partial charge in [-0.3, -0.25) is 4.72 Å². The van der Waals surface area contributed by atoms with Crippen LogP contribution in [0.4, 0.5) is 5.69 Å². The summed E-state index contributed by atoms with van der Waals surface area (Å²) in [5.41, 5.74) is 1.08. The molecule has 1 aromatic rings. The van der Waals surface area contributed by atoms with Gasteiger partial charge in [0, 0.05) is 5.56 Å². The molecule has 1 aliphatic rings. The van der Waals surface area contributed by atoms with Gasteiger partial charge < -0.3 is 5.11 Å². The molecule has 0 radical (unpaired) electrons. The molecule has 0 aliphatic heterocycles. The summed E-state index contributed by atoms with van der Waals surface area (Å²) < 4.78 is 26.2. The minimum Gasteiger partial charge on any atom is -0.389 e. The van der Waals surface area contributed by atoms with E-state index in [-0.39, 0.29) is 5.75 Å².